The average molecular weight is 519 g/mol. The molecule has 0 radical (unpaired) electrons. The summed E-state index contributed by atoms with van der Waals surface area (Å²) in [7, 11) is -4.26. The van der Waals surface area contributed by atoms with E-state index in [1.807, 2.05) is 0 Å². The second-order valence-electron chi connectivity index (χ2n) is 8.09. The molecule has 1 saturated heterocycles. The zero-order valence-electron chi connectivity index (χ0n) is 19.3. The molecule has 1 aromatic rings. The van der Waals surface area contributed by atoms with Crippen molar-refractivity contribution >= 4 is 42.8 Å². The van der Waals surface area contributed by atoms with Crippen LogP contribution in [-0.2, 0) is 32.7 Å². The summed E-state index contributed by atoms with van der Waals surface area (Å²) in [6.07, 6.45) is -1.08. The van der Waals surface area contributed by atoms with Gasteiger partial charge in [-0.2, -0.15) is 0 Å². The Bertz CT molecular complexity index is 871. The number of nitrogens with one attached hydrogen (secondary N) is 2. The van der Waals surface area contributed by atoms with Crippen LogP contribution >= 0.6 is 19.9 Å². The summed E-state index contributed by atoms with van der Waals surface area (Å²) in [6, 6.07) is 8.24. The molecule has 0 aliphatic carbocycles. The van der Waals surface area contributed by atoms with Crippen LogP contribution in [0.4, 0.5) is 0 Å². The van der Waals surface area contributed by atoms with Gasteiger partial charge in [0.1, 0.15) is 0 Å². The van der Waals surface area contributed by atoms with Crippen molar-refractivity contribution in [3.8, 4) is 0 Å². The van der Waals surface area contributed by atoms with Crippen molar-refractivity contribution in [2.24, 2.45) is 5.41 Å². The summed E-state index contributed by atoms with van der Waals surface area (Å²) < 4.78 is 21.0. The fourth-order valence-corrected chi connectivity index (χ4v) is 5.06. The van der Waals surface area contributed by atoms with E-state index in [-0.39, 0.29) is 30.6 Å². The van der Waals surface area contributed by atoms with Crippen LogP contribution in [0, 0.1) is 5.41 Å². The Morgan fingerprint density at radius 2 is 1.88 bits per heavy atom. The van der Waals surface area contributed by atoms with Gasteiger partial charge in [-0.1, -0.05) is 0 Å². The Hall–Kier alpha value is -2.08. The van der Waals surface area contributed by atoms with Gasteiger partial charge in [-0.3, -0.25) is 4.79 Å². The Labute approximate surface area is 202 Å². The molecule has 190 valence electrons. The van der Waals surface area contributed by atoms with E-state index in [2.05, 4.69) is 10.6 Å². The van der Waals surface area contributed by atoms with Crippen LogP contribution in [0.25, 0.3) is 0 Å². The normalized spacial score (nSPS) is 19.5. The third kappa shape index (κ3) is 9.28. The number of esters is 1. The summed E-state index contributed by atoms with van der Waals surface area (Å²) in [5.74, 6) is -0.988. The molecule has 3 N–H and O–H groups in total. The number of hydrogen-bond acceptors (Lipinski definition) is 10. The molecule has 0 bridgehead atoms. The van der Waals surface area contributed by atoms with Gasteiger partial charge in [-0.15, -0.1) is 0 Å². The van der Waals surface area contributed by atoms with Gasteiger partial charge in [0.05, 0.1) is 0 Å². The van der Waals surface area contributed by atoms with Crippen LogP contribution < -0.4 is 10.6 Å². The maximum absolute atomic E-state index is 12.7. The Morgan fingerprint density at radius 3 is 2.56 bits per heavy atom. The standard InChI is InChI=1S/C21H31N2O9PS/c1-15(24)34-12-11-22-17(25)9-10-23-19(26)18-21(2,3)13-30-33(28,32-18)31-14-29-20(27)16-7-5-4-6-8-16/h4-8,18,28,33H,9-14H2,1-3H3,(H,22,25)(H,23,26)/t18-/m0/s1. The molecule has 0 saturated carbocycles. The number of amides is 2. The third-order valence-corrected chi connectivity index (χ3v) is 7.00. The van der Waals surface area contributed by atoms with Crippen LogP contribution in [0.3, 0.4) is 0 Å². The van der Waals surface area contributed by atoms with Crippen LogP contribution in [0.5, 0.6) is 0 Å². The van der Waals surface area contributed by atoms with E-state index < -0.39 is 38.4 Å². The fourth-order valence-electron chi connectivity index (χ4n) is 2.86. The molecule has 2 rings (SSSR count). The average Bonchev–Trinajstić information content (AvgIpc) is 2.79. The van der Waals surface area contributed by atoms with Crippen molar-refractivity contribution in [2.75, 3.05) is 32.2 Å². The predicted octanol–water partition coefficient (Wildman–Crippen LogP) is 1.56. The first-order valence-corrected chi connectivity index (χ1v) is 13.3. The quantitative estimate of drug-likeness (QED) is 0.170. The number of benzene rings is 1. The molecule has 1 aliphatic rings. The fraction of sp³-hybridized carbons (Fsp3) is 0.524. The first kappa shape index (κ1) is 28.2. The number of hydrogen-bond donors (Lipinski definition) is 3. The van der Waals surface area contributed by atoms with Crippen LogP contribution in [0.15, 0.2) is 30.3 Å². The van der Waals surface area contributed by atoms with Gasteiger partial charge in [0.25, 0.3) is 0 Å². The summed E-state index contributed by atoms with van der Waals surface area (Å²) in [4.78, 5) is 58.0. The maximum atomic E-state index is 12.7. The van der Waals surface area contributed by atoms with Gasteiger partial charge in [0, 0.05) is 6.92 Å². The molecule has 1 heterocycles. The number of rotatable bonds is 11. The Balaban J connectivity index is 1.79. The molecule has 2 amide bonds. The predicted molar refractivity (Wildman–Crippen MR) is 127 cm³/mol. The van der Waals surface area contributed by atoms with Gasteiger partial charge < -0.3 is 0 Å². The molecule has 13 heteroatoms. The van der Waals surface area contributed by atoms with Crippen LogP contribution in [0.1, 0.15) is 37.6 Å². The molecule has 1 aliphatic heterocycles. The van der Waals surface area contributed by atoms with Crippen molar-refractivity contribution < 1.29 is 42.4 Å². The van der Waals surface area contributed by atoms with E-state index in [1.54, 1.807) is 44.2 Å². The molecule has 0 spiro atoms. The molecule has 11 nitrogen and oxygen atoms in total. The van der Waals surface area contributed by atoms with E-state index in [9.17, 15) is 24.1 Å². The summed E-state index contributed by atoms with van der Waals surface area (Å²) in [5, 5.41) is 5.24. The van der Waals surface area contributed by atoms with E-state index in [0.717, 1.165) is 11.8 Å². The van der Waals surface area contributed by atoms with Gasteiger partial charge >= 0.3 is 191 Å². The Kier molecular flexibility index (Phi) is 10.9. The second kappa shape index (κ2) is 13.1. The first-order valence-electron chi connectivity index (χ1n) is 10.6. The van der Waals surface area contributed by atoms with E-state index in [1.165, 1.54) is 6.92 Å². The van der Waals surface area contributed by atoms with Crippen molar-refractivity contribution in [1.29, 1.82) is 0 Å². The monoisotopic (exact) mass is 518 g/mol. The molecular weight excluding hydrogens is 487 g/mol. The zero-order chi connectivity index (χ0) is 25.2. The van der Waals surface area contributed by atoms with E-state index in [4.69, 9.17) is 18.3 Å². The van der Waals surface area contributed by atoms with Crippen LogP contribution in [0.2, 0.25) is 0 Å². The molecule has 34 heavy (non-hydrogen) atoms. The molecule has 0 unspecified atom stereocenters. The number of carbonyl (C=O) groups excluding carboxylic acids is 4. The summed E-state index contributed by atoms with van der Waals surface area (Å²) >= 11 is 1.12. The molecule has 1 fully saturated rings. The topological polar surface area (TPSA) is 149 Å². The number of thioether (sulfide) groups is 1. The second-order valence-corrected chi connectivity index (χ2v) is 11.2. The summed E-state index contributed by atoms with van der Waals surface area (Å²) in [6.45, 7) is 4.64. The van der Waals surface area contributed by atoms with Gasteiger partial charge in [-0.25, -0.2) is 0 Å². The molecule has 1 aromatic carbocycles. The van der Waals surface area contributed by atoms with E-state index in [0.29, 0.717) is 17.9 Å². The van der Waals surface area contributed by atoms with Gasteiger partial charge in [0.15, 0.2) is 0 Å². The van der Waals surface area contributed by atoms with Crippen molar-refractivity contribution in [2.45, 2.75) is 33.3 Å². The van der Waals surface area contributed by atoms with Gasteiger partial charge in [-0.05, 0) is 0 Å². The zero-order valence-corrected chi connectivity index (χ0v) is 21.1. The van der Waals surface area contributed by atoms with Crippen LogP contribution in [-0.4, -0.2) is 66.1 Å². The molecule has 0 aromatic heterocycles. The molecule has 1 atom stereocenters. The summed E-state index contributed by atoms with van der Waals surface area (Å²) in [5.41, 5.74) is -0.482. The Morgan fingerprint density at radius 1 is 1.18 bits per heavy atom. The van der Waals surface area contributed by atoms with Gasteiger partial charge in [0.2, 0.25) is 0 Å². The van der Waals surface area contributed by atoms with Crippen molar-refractivity contribution in [1.82, 2.24) is 10.6 Å². The third-order valence-electron chi connectivity index (χ3n) is 4.66. The SMILES string of the molecule is CC(=O)SCCNC(=O)CCNC(=O)[C@@H]1O[PH](O)(OCOC(=O)c2ccccc2)OCC1(C)C. The number of carbonyl (C=O) groups is 4. The minimum atomic E-state index is -4.26. The van der Waals surface area contributed by atoms with Crippen molar-refractivity contribution in [3.63, 3.8) is 0 Å². The minimum absolute atomic E-state index is 0.0255. The molecular formula is C21H31N2O9PS. The number of ether oxygens (including phenoxy) is 1. The first-order chi connectivity index (χ1) is 16.0. The van der Waals surface area contributed by atoms with E-state index >= 15 is 0 Å². The van der Waals surface area contributed by atoms with Crippen molar-refractivity contribution in [3.05, 3.63) is 35.9 Å².